The second-order valence-corrected chi connectivity index (χ2v) is 9.09. The summed E-state index contributed by atoms with van der Waals surface area (Å²) in [5, 5.41) is 17.0. The Hall–Kier alpha value is -3.58. The zero-order valence-electron chi connectivity index (χ0n) is 18.9. The summed E-state index contributed by atoms with van der Waals surface area (Å²) in [6.45, 7) is 3.71. The number of rotatable bonds is 4. The third-order valence-corrected chi connectivity index (χ3v) is 6.61. The summed E-state index contributed by atoms with van der Waals surface area (Å²) in [5.74, 6) is 0.531. The van der Waals surface area contributed by atoms with Crippen LogP contribution in [-0.4, -0.2) is 55.8 Å². The van der Waals surface area contributed by atoms with Crippen LogP contribution in [0.15, 0.2) is 42.6 Å². The molecule has 2 N–H and O–H groups in total. The number of halogens is 2. The zero-order valence-corrected chi connectivity index (χ0v) is 20.4. The fourth-order valence-corrected chi connectivity index (χ4v) is 4.90. The quantitative estimate of drug-likeness (QED) is 0.547. The lowest BCUT2D eigenvalue weighted by Gasteiger charge is -2.35. The Kier molecular flexibility index (Phi) is 6.34. The van der Waals surface area contributed by atoms with Crippen LogP contribution in [0, 0.1) is 11.3 Å². The van der Waals surface area contributed by atoms with Crippen molar-refractivity contribution >= 4 is 57.9 Å². The molecule has 0 unspecified atom stereocenters. The highest BCUT2D eigenvalue weighted by Gasteiger charge is 2.32. The summed E-state index contributed by atoms with van der Waals surface area (Å²) in [6.07, 6.45) is 1.49. The van der Waals surface area contributed by atoms with Gasteiger partial charge in [-0.25, -0.2) is 4.98 Å². The van der Waals surface area contributed by atoms with E-state index < -0.39 is 0 Å². The fourth-order valence-electron chi connectivity index (χ4n) is 4.30. The molecular formula is C24H22Cl2N8O. The average Bonchev–Trinajstić information content (AvgIpc) is 2.87. The van der Waals surface area contributed by atoms with E-state index in [1.54, 1.807) is 24.3 Å². The second-order valence-electron chi connectivity index (χ2n) is 8.28. The minimum absolute atomic E-state index is 0.226. The van der Waals surface area contributed by atoms with Crippen molar-refractivity contribution in [2.45, 2.75) is 0 Å². The van der Waals surface area contributed by atoms with E-state index >= 15 is 0 Å². The van der Waals surface area contributed by atoms with Crippen molar-refractivity contribution in [1.29, 1.82) is 5.26 Å². The molecule has 0 aliphatic carbocycles. The molecule has 0 spiro atoms. The van der Waals surface area contributed by atoms with Crippen LogP contribution in [0.4, 0.5) is 28.8 Å². The van der Waals surface area contributed by atoms with Gasteiger partial charge in [0, 0.05) is 45.1 Å². The van der Waals surface area contributed by atoms with E-state index in [0.29, 0.717) is 44.3 Å². The maximum atomic E-state index is 13.2. The molecule has 1 amide bonds. The van der Waals surface area contributed by atoms with Crippen LogP contribution in [0.25, 0.3) is 0 Å². The summed E-state index contributed by atoms with van der Waals surface area (Å²) >= 11 is 12.7. The molecule has 0 radical (unpaired) electrons. The van der Waals surface area contributed by atoms with Crippen molar-refractivity contribution in [3.05, 3.63) is 63.8 Å². The van der Waals surface area contributed by atoms with Crippen molar-refractivity contribution in [3.63, 3.8) is 0 Å². The van der Waals surface area contributed by atoms with E-state index in [0.717, 1.165) is 31.9 Å². The minimum atomic E-state index is -0.285. The topological polar surface area (TPSA) is 100 Å². The highest BCUT2D eigenvalue weighted by molar-refractivity contribution is 6.40. The first-order chi connectivity index (χ1) is 17.0. The van der Waals surface area contributed by atoms with Crippen LogP contribution in [0.1, 0.15) is 15.9 Å². The van der Waals surface area contributed by atoms with Crippen LogP contribution in [0.2, 0.25) is 10.0 Å². The monoisotopic (exact) mass is 508 g/mol. The number of nitrogens with one attached hydrogen (secondary N) is 2. The van der Waals surface area contributed by atoms with Crippen molar-refractivity contribution in [3.8, 4) is 6.07 Å². The van der Waals surface area contributed by atoms with Crippen molar-refractivity contribution in [2.24, 2.45) is 0 Å². The van der Waals surface area contributed by atoms with Gasteiger partial charge in [0.15, 0.2) is 0 Å². The lowest BCUT2D eigenvalue weighted by molar-refractivity contribution is 0.0982. The summed E-state index contributed by atoms with van der Waals surface area (Å²) in [5.41, 5.74) is 2.97. The Morgan fingerprint density at radius 2 is 1.89 bits per heavy atom. The molecule has 2 aliphatic rings. The molecule has 35 heavy (non-hydrogen) atoms. The molecule has 9 nitrogen and oxygen atoms in total. The molecule has 0 saturated carbocycles. The third kappa shape index (κ3) is 4.44. The molecule has 2 aromatic carbocycles. The number of hydrogen-bond donors (Lipinski definition) is 2. The Morgan fingerprint density at radius 3 is 2.60 bits per heavy atom. The van der Waals surface area contributed by atoms with Gasteiger partial charge in [0.25, 0.3) is 5.91 Å². The Bertz CT molecular complexity index is 1320. The number of nitrogens with zero attached hydrogens (tertiary/aromatic N) is 6. The first-order valence-corrected chi connectivity index (χ1v) is 11.8. The summed E-state index contributed by atoms with van der Waals surface area (Å²) < 4.78 is 0. The summed E-state index contributed by atoms with van der Waals surface area (Å²) in [7, 11) is 1.83. The number of benzene rings is 2. The highest BCUT2D eigenvalue weighted by Crippen LogP contribution is 2.37. The van der Waals surface area contributed by atoms with Crippen LogP contribution in [0.5, 0.6) is 0 Å². The van der Waals surface area contributed by atoms with Gasteiger partial charge < -0.3 is 20.4 Å². The Balaban J connectivity index is 1.40. The first kappa shape index (κ1) is 23.2. The van der Waals surface area contributed by atoms with E-state index in [2.05, 4.69) is 31.6 Å². The van der Waals surface area contributed by atoms with E-state index in [1.807, 2.05) is 24.1 Å². The van der Waals surface area contributed by atoms with Gasteiger partial charge in [-0.1, -0.05) is 29.3 Å². The van der Waals surface area contributed by atoms with Crippen molar-refractivity contribution < 1.29 is 4.79 Å². The van der Waals surface area contributed by atoms with Gasteiger partial charge in [-0.3, -0.25) is 9.69 Å². The number of carbonyl (C=O) groups excluding carboxylic acids is 1. The van der Waals surface area contributed by atoms with Gasteiger partial charge >= 0.3 is 0 Å². The lowest BCUT2D eigenvalue weighted by Crippen LogP contribution is -2.46. The van der Waals surface area contributed by atoms with Gasteiger partial charge in [0.1, 0.15) is 17.5 Å². The molecule has 11 heteroatoms. The molecule has 5 rings (SSSR count). The van der Waals surface area contributed by atoms with Gasteiger partial charge in [-0.15, -0.1) is 0 Å². The van der Waals surface area contributed by atoms with Crippen molar-refractivity contribution in [1.82, 2.24) is 15.3 Å². The molecular weight excluding hydrogens is 487 g/mol. The van der Waals surface area contributed by atoms with Gasteiger partial charge in [-0.2, -0.15) is 10.2 Å². The number of piperazine rings is 1. The van der Waals surface area contributed by atoms with Crippen LogP contribution < -0.4 is 25.3 Å². The number of anilines is 5. The molecule has 3 aromatic rings. The maximum absolute atomic E-state index is 13.2. The Morgan fingerprint density at radius 1 is 1.14 bits per heavy atom. The van der Waals surface area contributed by atoms with E-state index in [4.69, 9.17) is 23.2 Å². The molecule has 1 saturated heterocycles. The van der Waals surface area contributed by atoms with Gasteiger partial charge in [0.2, 0.25) is 5.95 Å². The normalized spacial score (nSPS) is 15.6. The number of para-hydroxylation sites is 1. The average molecular weight is 509 g/mol. The molecule has 178 valence electrons. The van der Waals surface area contributed by atoms with Crippen LogP contribution in [0.3, 0.4) is 0 Å². The fraction of sp³-hybridized carbons (Fsp3) is 0.250. The molecule has 1 aromatic heterocycles. The Labute approximate surface area is 212 Å². The van der Waals surface area contributed by atoms with Crippen LogP contribution >= 0.6 is 23.2 Å². The molecule has 2 aliphatic heterocycles. The third-order valence-electron chi connectivity index (χ3n) is 6.00. The molecule has 0 atom stereocenters. The number of amides is 1. The summed E-state index contributed by atoms with van der Waals surface area (Å²) in [4.78, 5) is 27.7. The lowest BCUT2D eigenvalue weighted by atomic mass is 10.1. The predicted molar refractivity (Wildman–Crippen MR) is 138 cm³/mol. The molecule has 1 fully saturated rings. The SMILES string of the molecule is CN1CN(c2c(Cl)cccc2Cl)C(=O)c2cnc(Nc3ccc(N4CCNCC4)c(C#N)c3)nc21. The zero-order chi connectivity index (χ0) is 24.5. The second kappa shape index (κ2) is 9.58. The number of fused-ring (bicyclic) bond motifs is 1. The number of carbonyl (C=O) groups is 1. The van der Waals surface area contributed by atoms with E-state index in [-0.39, 0.29) is 12.6 Å². The first-order valence-electron chi connectivity index (χ1n) is 11.1. The number of aromatic nitrogens is 2. The summed E-state index contributed by atoms with van der Waals surface area (Å²) in [6, 6.07) is 13.0. The largest absolute Gasteiger partial charge is 0.368 e. The smallest absolute Gasteiger partial charge is 0.265 e. The molecule has 0 bridgehead atoms. The van der Waals surface area contributed by atoms with E-state index in [1.165, 1.54) is 11.1 Å². The molecule has 3 heterocycles. The van der Waals surface area contributed by atoms with E-state index in [9.17, 15) is 10.1 Å². The highest BCUT2D eigenvalue weighted by atomic mass is 35.5. The van der Waals surface area contributed by atoms with Gasteiger partial charge in [0.05, 0.1) is 33.7 Å². The standard InChI is InChI=1S/C24H22Cl2N8O/c1-32-14-34(21-18(25)3-2-4-19(21)26)23(35)17-13-29-24(31-22(17)32)30-16-5-6-20(15(11-16)12-27)33-9-7-28-8-10-33/h2-6,11,13,28H,7-10,14H2,1H3,(H,29,30,31). The maximum Gasteiger partial charge on any atom is 0.265 e. The van der Waals surface area contributed by atoms with Crippen LogP contribution in [-0.2, 0) is 0 Å². The van der Waals surface area contributed by atoms with Gasteiger partial charge in [-0.05, 0) is 30.3 Å². The van der Waals surface area contributed by atoms with Crippen molar-refractivity contribution in [2.75, 3.05) is 59.9 Å². The number of hydrogen-bond acceptors (Lipinski definition) is 8. The number of nitriles is 1. The minimum Gasteiger partial charge on any atom is -0.368 e. The predicted octanol–water partition coefficient (Wildman–Crippen LogP) is 3.86.